The van der Waals surface area contributed by atoms with Gasteiger partial charge >= 0.3 is 0 Å². The fraction of sp³-hybridized carbons (Fsp3) is 0.562. The Morgan fingerprint density at radius 1 is 1.50 bits per heavy atom. The second-order valence-electron chi connectivity index (χ2n) is 5.49. The van der Waals surface area contributed by atoms with Gasteiger partial charge in [0.15, 0.2) is 0 Å². The number of nitrogen functional groups attached to an aromatic ring is 1. The molecule has 1 aliphatic carbocycles. The predicted molar refractivity (Wildman–Crippen MR) is 94.1 cm³/mol. The molecule has 0 heterocycles. The molecule has 1 aromatic rings. The summed E-state index contributed by atoms with van der Waals surface area (Å²) in [6.07, 6.45) is 4.44. The molecule has 22 heavy (non-hydrogen) atoms. The van der Waals surface area contributed by atoms with Gasteiger partial charge in [0.25, 0.3) is 5.91 Å². The van der Waals surface area contributed by atoms with E-state index in [-0.39, 0.29) is 11.9 Å². The summed E-state index contributed by atoms with van der Waals surface area (Å²) in [5, 5.41) is 4.12. The molecule has 6 heteroatoms. The van der Waals surface area contributed by atoms with E-state index in [0.717, 1.165) is 25.0 Å². The zero-order valence-electron chi connectivity index (χ0n) is 13.0. The number of thioether (sulfide) groups is 1. The first-order valence-corrected chi connectivity index (χ1v) is 9.03. The third kappa shape index (κ3) is 4.23. The van der Waals surface area contributed by atoms with Gasteiger partial charge in [-0.3, -0.25) is 4.79 Å². The fourth-order valence-corrected chi connectivity index (χ4v) is 4.18. The Bertz CT molecular complexity index is 537. The Morgan fingerprint density at radius 2 is 2.27 bits per heavy atom. The quantitative estimate of drug-likeness (QED) is 0.800. The monoisotopic (exact) mass is 342 g/mol. The van der Waals surface area contributed by atoms with E-state index in [1.165, 1.54) is 13.5 Å². The summed E-state index contributed by atoms with van der Waals surface area (Å²) < 4.78 is 5.25. The maximum Gasteiger partial charge on any atom is 0.255 e. The van der Waals surface area contributed by atoms with Crippen LogP contribution < -0.4 is 15.8 Å². The van der Waals surface area contributed by atoms with Crippen LogP contribution in [0.5, 0.6) is 5.75 Å². The maximum atomic E-state index is 12.5. The second kappa shape index (κ2) is 7.97. The largest absolute Gasteiger partial charge is 0.496 e. The first kappa shape index (κ1) is 17.3. The molecule has 1 aromatic carbocycles. The fourth-order valence-electron chi connectivity index (χ4n) is 2.84. The molecule has 122 valence electrons. The molecule has 2 atom stereocenters. The van der Waals surface area contributed by atoms with Crippen LogP contribution in [0.4, 0.5) is 5.69 Å². The number of carbonyl (C=O) groups excluding carboxylic acids is 1. The van der Waals surface area contributed by atoms with Crippen molar-refractivity contribution >= 4 is 35.0 Å². The lowest BCUT2D eigenvalue weighted by molar-refractivity contribution is 0.0925. The van der Waals surface area contributed by atoms with Gasteiger partial charge in [0, 0.05) is 17.4 Å². The molecule has 1 fully saturated rings. The van der Waals surface area contributed by atoms with Gasteiger partial charge in [-0.15, -0.1) is 0 Å². The summed E-state index contributed by atoms with van der Waals surface area (Å²) in [5.74, 6) is 1.42. The molecule has 0 aromatic heterocycles. The van der Waals surface area contributed by atoms with Crippen molar-refractivity contribution in [2.24, 2.45) is 0 Å². The molecule has 1 saturated carbocycles. The standard InChI is InChI=1S/C16H23ClN2O2S/c1-3-22-11-6-4-5-10(7-11)19-16(20)12-8-13(17)14(18)9-15(12)21-2/h8-11H,3-7,18H2,1-2H3,(H,19,20). The summed E-state index contributed by atoms with van der Waals surface area (Å²) in [6.45, 7) is 2.17. The molecule has 0 saturated heterocycles. The SMILES string of the molecule is CCSC1CCCC(NC(=O)c2cc(Cl)c(N)cc2OC)C1. The first-order chi connectivity index (χ1) is 10.5. The Hall–Kier alpha value is -1.07. The van der Waals surface area contributed by atoms with Gasteiger partial charge in [-0.05, 0) is 31.1 Å². The number of hydrogen-bond acceptors (Lipinski definition) is 4. The number of nitrogens with two attached hydrogens (primary N) is 1. The molecule has 2 unspecified atom stereocenters. The highest BCUT2D eigenvalue weighted by Crippen LogP contribution is 2.31. The number of nitrogens with one attached hydrogen (secondary N) is 1. The van der Waals surface area contributed by atoms with Gasteiger partial charge < -0.3 is 15.8 Å². The van der Waals surface area contributed by atoms with Gasteiger partial charge in [0.05, 0.1) is 23.4 Å². The lowest BCUT2D eigenvalue weighted by Crippen LogP contribution is -2.39. The minimum Gasteiger partial charge on any atom is -0.496 e. The molecule has 1 amide bonds. The number of carbonyl (C=O) groups is 1. The van der Waals surface area contributed by atoms with E-state index in [9.17, 15) is 4.79 Å². The van der Waals surface area contributed by atoms with E-state index in [1.807, 2.05) is 11.8 Å². The third-order valence-electron chi connectivity index (χ3n) is 3.93. The maximum absolute atomic E-state index is 12.5. The third-order valence-corrected chi connectivity index (χ3v) is 5.49. The highest BCUT2D eigenvalue weighted by Gasteiger charge is 2.25. The number of hydrogen-bond donors (Lipinski definition) is 2. The van der Waals surface area contributed by atoms with E-state index in [1.54, 1.807) is 12.1 Å². The Balaban J connectivity index is 2.07. The zero-order chi connectivity index (χ0) is 16.1. The minimum atomic E-state index is -0.147. The smallest absolute Gasteiger partial charge is 0.255 e. The van der Waals surface area contributed by atoms with Gasteiger partial charge in [-0.25, -0.2) is 0 Å². The van der Waals surface area contributed by atoms with Crippen molar-refractivity contribution in [1.29, 1.82) is 0 Å². The number of methoxy groups -OCH3 is 1. The van der Waals surface area contributed by atoms with Crippen LogP contribution in [0, 0.1) is 0 Å². The molecule has 0 bridgehead atoms. The molecule has 0 aliphatic heterocycles. The predicted octanol–water partition coefficient (Wildman–Crippen LogP) is 3.72. The number of anilines is 1. The lowest BCUT2D eigenvalue weighted by atomic mass is 9.94. The number of halogens is 1. The van der Waals surface area contributed by atoms with Gasteiger partial charge in [-0.2, -0.15) is 11.8 Å². The number of ether oxygens (including phenoxy) is 1. The first-order valence-electron chi connectivity index (χ1n) is 7.60. The molecule has 0 radical (unpaired) electrons. The van der Waals surface area contributed by atoms with E-state index in [0.29, 0.717) is 27.3 Å². The Morgan fingerprint density at radius 3 is 2.95 bits per heavy atom. The summed E-state index contributed by atoms with van der Waals surface area (Å²) in [7, 11) is 1.52. The van der Waals surface area contributed by atoms with Crippen molar-refractivity contribution in [3.8, 4) is 5.75 Å². The van der Waals surface area contributed by atoms with Gasteiger partial charge in [0.1, 0.15) is 5.75 Å². The Labute approximate surface area is 141 Å². The topological polar surface area (TPSA) is 64.4 Å². The van der Waals surface area contributed by atoms with Gasteiger partial charge in [0.2, 0.25) is 0 Å². The van der Waals surface area contributed by atoms with Crippen LogP contribution >= 0.6 is 23.4 Å². The van der Waals surface area contributed by atoms with Crippen molar-refractivity contribution in [3.05, 3.63) is 22.7 Å². The number of rotatable bonds is 5. The summed E-state index contributed by atoms with van der Waals surface area (Å²) >= 11 is 8.01. The van der Waals surface area contributed by atoms with Crippen LogP contribution in [0.1, 0.15) is 43.0 Å². The lowest BCUT2D eigenvalue weighted by Gasteiger charge is -2.29. The molecule has 1 aliphatic rings. The van der Waals surface area contributed by atoms with Crippen LogP contribution in [0.15, 0.2) is 12.1 Å². The van der Waals surface area contributed by atoms with Crippen LogP contribution in [-0.2, 0) is 0 Å². The normalized spacial score (nSPS) is 21.4. The van der Waals surface area contributed by atoms with E-state index in [2.05, 4.69) is 12.2 Å². The number of benzene rings is 1. The van der Waals surface area contributed by atoms with E-state index in [4.69, 9.17) is 22.1 Å². The summed E-state index contributed by atoms with van der Waals surface area (Å²) in [4.78, 5) is 12.5. The van der Waals surface area contributed by atoms with Crippen molar-refractivity contribution in [2.45, 2.75) is 43.9 Å². The van der Waals surface area contributed by atoms with E-state index < -0.39 is 0 Å². The Kier molecular flexibility index (Phi) is 6.26. The molecule has 2 rings (SSSR count). The molecular weight excluding hydrogens is 320 g/mol. The van der Waals surface area contributed by atoms with Crippen LogP contribution in [0.25, 0.3) is 0 Å². The summed E-state index contributed by atoms with van der Waals surface area (Å²) in [6, 6.07) is 3.38. The average molecular weight is 343 g/mol. The van der Waals surface area contributed by atoms with Crippen molar-refractivity contribution in [3.63, 3.8) is 0 Å². The number of amides is 1. The zero-order valence-corrected chi connectivity index (χ0v) is 14.6. The molecule has 0 spiro atoms. The second-order valence-corrected chi connectivity index (χ2v) is 7.47. The van der Waals surface area contributed by atoms with Gasteiger partial charge in [-0.1, -0.05) is 24.9 Å². The van der Waals surface area contributed by atoms with Crippen LogP contribution in [-0.4, -0.2) is 30.1 Å². The molecule has 4 nitrogen and oxygen atoms in total. The highest BCUT2D eigenvalue weighted by molar-refractivity contribution is 7.99. The van der Waals surface area contributed by atoms with Crippen molar-refractivity contribution < 1.29 is 9.53 Å². The van der Waals surface area contributed by atoms with Crippen LogP contribution in [0.3, 0.4) is 0 Å². The molecule has 3 N–H and O–H groups in total. The summed E-state index contributed by atoms with van der Waals surface area (Å²) in [5.41, 5.74) is 6.60. The van der Waals surface area contributed by atoms with Crippen LogP contribution in [0.2, 0.25) is 5.02 Å². The van der Waals surface area contributed by atoms with Crippen molar-refractivity contribution in [2.75, 3.05) is 18.6 Å². The van der Waals surface area contributed by atoms with Crippen molar-refractivity contribution in [1.82, 2.24) is 5.32 Å². The highest BCUT2D eigenvalue weighted by atomic mass is 35.5. The average Bonchev–Trinajstić information content (AvgIpc) is 2.50. The minimum absolute atomic E-state index is 0.147. The molecular formula is C16H23ClN2O2S. The van der Waals surface area contributed by atoms with E-state index >= 15 is 0 Å².